The van der Waals surface area contributed by atoms with Gasteiger partial charge in [0, 0.05) is 19.1 Å². The van der Waals surface area contributed by atoms with Gasteiger partial charge in [-0.3, -0.25) is 4.90 Å². The molecule has 0 aromatic heterocycles. The summed E-state index contributed by atoms with van der Waals surface area (Å²) in [7, 11) is 8.27. The fraction of sp³-hybridized carbons (Fsp3) is 1.00. The summed E-state index contributed by atoms with van der Waals surface area (Å²) in [6.07, 6.45) is 3.89. The van der Waals surface area contributed by atoms with Crippen LogP contribution in [0.3, 0.4) is 0 Å². The first-order chi connectivity index (χ1) is 10.5. The third-order valence-corrected chi connectivity index (χ3v) is 5.57. The van der Waals surface area contributed by atoms with Crippen molar-refractivity contribution in [3.8, 4) is 0 Å². The summed E-state index contributed by atoms with van der Waals surface area (Å²) in [4.78, 5) is 7.19. The minimum atomic E-state index is 0.664. The van der Waals surface area contributed by atoms with E-state index < -0.39 is 0 Å². The summed E-state index contributed by atoms with van der Waals surface area (Å²) in [6, 6.07) is 0.715. The normalized spacial score (nSPS) is 26.2. The van der Waals surface area contributed by atoms with Crippen LogP contribution in [0.4, 0.5) is 0 Å². The van der Waals surface area contributed by atoms with Crippen LogP contribution in [0.15, 0.2) is 0 Å². The van der Waals surface area contributed by atoms with E-state index in [1.807, 2.05) is 4.81 Å². The highest BCUT2D eigenvalue weighted by Crippen LogP contribution is 2.28. The molecule has 2 aliphatic rings. The zero-order chi connectivity index (χ0) is 16.1. The zero-order valence-corrected chi connectivity index (χ0v) is 15.2. The lowest BCUT2D eigenvalue weighted by atomic mass is 9.75. The third-order valence-electron chi connectivity index (χ3n) is 5.57. The number of rotatable bonds is 6. The van der Waals surface area contributed by atoms with E-state index in [0.717, 1.165) is 24.9 Å². The summed E-state index contributed by atoms with van der Waals surface area (Å²) in [6.45, 7) is 16.4. The molecule has 0 amide bonds. The van der Waals surface area contributed by atoms with Gasteiger partial charge in [-0.2, -0.15) is 0 Å². The maximum Gasteiger partial charge on any atom is 0.211 e. The minimum absolute atomic E-state index is 0.664. The second kappa shape index (κ2) is 8.75. The molecule has 3 radical (unpaired) electrons. The lowest BCUT2D eigenvalue weighted by molar-refractivity contribution is 0.112. The van der Waals surface area contributed by atoms with Crippen molar-refractivity contribution < 1.29 is 0 Å². The molecule has 5 heteroatoms. The van der Waals surface area contributed by atoms with Crippen molar-refractivity contribution in [1.29, 1.82) is 0 Å². The molecule has 2 unspecified atom stereocenters. The Morgan fingerprint density at radius 2 is 1.55 bits per heavy atom. The molecule has 0 N–H and O–H groups in total. The van der Waals surface area contributed by atoms with Crippen LogP contribution in [-0.4, -0.2) is 75.2 Å². The Hall–Kier alpha value is 0.00987. The molecule has 0 spiro atoms. The van der Waals surface area contributed by atoms with Gasteiger partial charge in [0.05, 0.1) is 0 Å². The van der Waals surface area contributed by atoms with Crippen molar-refractivity contribution in [3.05, 3.63) is 0 Å². The van der Waals surface area contributed by atoms with E-state index in [2.05, 4.69) is 44.8 Å². The molecule has 2 atom stereocenters. The number of hydrogen-bond donors (Lipinski definition) is 0. The monoisotopic (exact) mass is 302 g/mol. The van der Waals surface area contributed by atoms with E-state index in [1.165, 1.54) is 45.4 Å². The summed E-state index contributed by atoms with van der Waals surface area (Å²) in [5.41, 5.74) is 0. The van der Waals surface area contributed by atoms with Crippen LogP contribution in [0, 0.1) is 11.8 Å². The summed E-state index contributed by atoms with van der Waals surface area (Å²) >= 11 is 0. The SMILES string of the molecule is [B]N1CCC(C(C)CC(C)N2CCN([B]C(C)C)CC2)CC1. The van der Waals surface area contributed by atoms with Crippen molar-refractivity contribution in [3.63, 3.8) is 0 Å². The Morgan fingerprint density at radius 1 is 0.955 bits per heavy atom. The second-order valence-corrected chi connectivity index (χ2v) is 7.90. The highest BCUT2D eigenvalue weighted by Gasteiger charge is 2.27. The lowest BCUT2D eigenvalue weighted by Crippen LogP contribution is -2.51. The molecular weight excluding hydrogens is 268 g/mol. The Bertz CT molecular complexity index is 311. The predicted octanol–water partition coefficient (Wildman–Crippen LogP) is 2.26. The highest BCUT2D eigenvalue weighted by atomic mass is 15.2. The average molecular weight is 302 g/mol. The molecule has 2 aliphatic heterocycles. The van der Waals surface area contributed by atoms with Gasteiger partial charge in [0.1, 0.15) is 0 Å². The third kappa shape index (κ3) is 5.58. The van der Waals surface area contributed by atoms with Gasteiger partial charge >= 0.3 is 0 Å². The fourth-order valence-electron chi connectivity index (χ4n) is 4.12. The van der Waals surface area contributed by atoms with Gasteiger partial charge in [-0.1, -0.05) is 26.6 Å². The molecule has 2 heterocycles. The number of piperazine rings is 1. The Labute approximate surface area is 140 Å². The molecule has 123 valence electrons. The smallest absolute Gasteiger partial charge is 0.211 e. The van der Waals surface area contributed by atoms with Crippen LogP contribution >= 0.6 is 0 Å². The minimum Gasteiger partial charge on any atom is -0.353 e. The van der Waals surface area contributed by atoms with E-state index in [9.17, 15) is 0 Å². The average Bonchev–Trinajstić information content (AvgIpc) is 2.48. The van der Waals surface area contributed by atoms with Gasteiger partial charge in [0.15, 0.2) is 7.98 Å². The topological polar surface area (TPSA) is 9.72 Å². The maximum absolute atomic E-state index is 5.88. The second-order valence-electron chi connectivity index (χ2n) is 7.90. The van der Waals surface area contributed by atoms with Crippen molar-refractivity contribution in [2.24, 2.45) is 11.8 Å². The molecule has 0 saturated carbocycles. The molecule has 2 fully saturated rings. The van der Waals surface area contributed by atoms with Crippen LogP contribution in [0.5, 0.6) is 0 Å². The van der Waals surface area contributed by atoms with Crippen molar-refractivity contribution in [2.75, 3.05) is 39.3 Å². The molecule has 0 aromatic rings. The van der Waals surface area contributed by atoms with E-state index in [-0.39, 0.29) is 0 Å². The lowest BCUT2D eigenvalue weighted by Gasteiger charge is -2.41. The molecular formula is C17H34B2N3. The molecule has 2 saturated heterocycles. The Morgan fingerprint density at radius 3 is 2.09 bits per heavy atom. The molecule has 3 nitrogen and oxygen atoms in total. The van der Waals surface area contributed by atoms with Crippen LogP contribution in [0.2, 0.25) is 5.82 Å². The van der Waals surface area contributed by atoms with E-state index in [4.69, 9.17) is 7.98 Å². The van der Waals surface area contributed by atoms with Gasteiger partial charge in [0.2, 0.25) is 7.41 Å². The molecule has 0 bridgehead atoms. The van der Waals surface area contributed by atoms with E-state index in [0.29, 0.717) is 11.9 Å². The first kappa shape index (κ1) is 18.3. The number of hydrogen-bond acceptors (Lipinski definition) is 3. The fourth-order valence-corrected chi connectivity index (χ4v) is 4.12. The first-order valence-corrected chi connectivity index (χ1v) is 9.28. The van der Waals surface area contributed by atoms with Crippen LogP contribution in [0.25, 0.3) is 0 Å². The van der Waals surface area contributed by atoms with Crippen LogP contribution in [0.1, 0.15) is 47.0 Å². The van der Waals surface area contributed by atoms with Crippen molar-refractivity contribution in [1.82, 2.24) is 14.5 Å². The zero-order valence-electron chi connectivity index (χ0n) is 15.2. The number of piperidine rings is 1. The highest BCUT2D eigenvalue weighted by molar-refractivity contribution is 6.33. The largest absolute Gasteiger partial charge is 0.353 e. The standard InChI is InChI=1S/C17H34B2N3/c1-14(2)19-22-11-9-20(10-12-22)16(4)13-15(3)17-5-7-21(18)8-6-17/h14-17H,5-13H2,1-4H3. The Balaban J connectivity index is 1.70. The Kier molecular flexibility index (Phi) is 7.30. The van der Waals surface area contributed by atoms with Gasteiger partial charge in [-0.25, -0.2) is 0 Å². The van der Waals surface area contributed by atoms with Crippen LogP contribution in [-0.2, 0) is 0 Å². The maximum atomic E-state index is 5.88. The first-order valence-electron chi connectivity index (χ1n) is 9.28. The van der Waals surface area contributed by atoms with E-state index >= 15 is 0 Å². The van der Waals surface area contributed by atoms with Crippen molar-refractivity contribution >= 4 is 15.4 Å². The van der Waals surface area contributed by atoms with Gasteiger partial charge < -0.3 is 9.62 Å². The van der Waals surface area contributed by atoms with Crippen LogP contribution < -0.4 is 0 Å². The predicted molar refractivity (Wildman–Crippen MR) is 97.3 cm³/mol. The summed E-state index contributed by atoms with van der Waals surface area (Å²) in [5, 5.41) is 0. The van der Waals surface area contributed by atoms with Gasteiger partial charge in [0.25, 0.3) is 0 Å². The van der Waals surface area contributed by atoms with Crippen molar-refractivity contribution in [2.45, 2.75) is 58.8 Å². The summed E-state index contributed by atoms with van der Waals surface area (Å²) < 4.78 is 0. The summed E-state index contributed by atoms with van der Waals surface area (Å²) in [5.74, 6) is 2.36. The van der Waals surface area contributed by atoms with E-state index in [1.54, 1.807) is 0 Å². The molecule has 2 rings (SSSR count). The quantitative estimate of drug-likeness (QED) is 0.697. The van der Waals surface area contributed by atoms with Gasteiger partial charge in [-0.15, -0.1) is 0 Å². The molecule has 0 aromatic carbocycles. The number of nitrogens with zero attached hydrogens (tertiary/aromatic N) is 3. The molecule has 22 heavy (non-hydrogen) atoms. The molecule has 0 aliphatic carbocycles. The van der Waals surface area contributed by atoms with Gasteiger partial charge in [-0.05, 0) is 64.2 Å².